The molecule has 2 rings (SSSR count). The van der Waals surface area contributed by atoms with Crippen molar-refractivity contribution in [2.24, 2.45) is 7.05 Å². The van der Waals surface area contributed by atoms with Crippen LogP contribution in [0.15, 0.2) is 42.7 Å². The van der Waals surface area contributed by atoms with E-state index in [0.717, 1.165) is 18.7 Å². The first-order valence-corrected chi connectivity index (χ1v) is 5.33. The number of hydrogen-bond donors (Lipinski definition) is 2. The van der Waals surface area contributed by atoms with Crippen LogP contribution in [0.4, 0.5) is 0 Å². The predicted octanol–water partition coefficient (Wildman–Crippen LogP) is 2.02. The number of nitrogens with zero attached hydrogens (tertiary/aromatic N) is 1. The first-order chi connectivity index (χ1) is 7.74. The Morgan fingerprint density at radius 2 is 2.00 bits per heavy atom. The molecule has 1 aromatic carbocycles. The summed E-state index contributed by atoms with van der Waals surface area (Å²) in [5.41, 5.74) is 2.36. The Bertz CT molecular complexity index is 462. The van der Waals surface area contributed by atoms with Crippen LogP contribution in [-0.2, 0) is 20.1 Å². The first kappa shape index (κ1) is 10.8. The number of phenolic OH excluding ortho intramolecular Hbond substituents is 1. The lowest BCUT2D eigenvalue weighted by Crippen LogP contribution is -2.12. The van der Waals surface area contributed by atoms with Gasteiger partial charge in [-0.15, -0.1) is 0 Å². The summed E-state index contributed by atoms with van der Waals surface area (Å²) in [6.45, 7) is 1.61. The lowest BCUT2D eigenvalue weighted by molar-refractivity contribution is 0.474. The van der Waals surface area contributed by atoms with Crippen LogP contribution in [0.5, 0.6) is 5.75 Å². The molecule has 0 unspecified atom stereocenters. The molecule has 16 heavy (non-hydrogen) atoms. The number of benzene rings is 1. The van der Waals surface area contributed by atoms with Crippen molar-refractivity contribution >= 4 is 0 Å². The summed E-state index contributed by atoms with van der Waals surface area (Å²) in [7, 11) is 2.01. The van der Waals surface area contributed by atoms with Gasteiger partial charge in [0.2, 0.25) is 0 Å². The zero-order valence-electron chi connectivity index (χ0n) is 9.35. The van der Waals surface area contributed by atoms with E-state index >= 15 is 0 Å². The van der Waals surface area contributed by atoms with E-state index in [1.54, 1.807) is 12.1 Å². The molecule has 2 N–H and O–H groups in total. The first-order valence-electron chi connectivity index (χ1n) is 5.33. The molecule has 0 aliphatic rings. The fourth-order valence-electron chi connectivity index (χ4n) is 1.68. The quantitative estimate of drug-likeness (QED) is 0.820. The Morgan fingerprint density at radius 1 is 1.19 bits per heavy atom. The molecule has 3 nitrogen and oxygen atoms in total. The van der Waals surface area contributed by atoms with Crippen molar-refractivity contribution in [2.75, 3.05) is 0 Å². The highest BCUT2D eigenvalue weighted by atomic mass is 16.3. The van der Waals surface area contributed by atoms with Gasteiger partial charge < -0.3 is 15.0 Å². The van der Waals surface area contributed by atoms with Crippen molar-refractivity contribution in [3.8, 4) is 5.75 Å². The third-order valence-corrected chi connectivity index (χ3v) is 2.46. The van der Waals surface area contributed by atoms with E-state index in [4.69, 9.17) is 0 Å². The highest BCUT2D eigenvalue weighted by molar-refractivity contribution is 5.27. The highest BCUT2D eigenvalue weighted by Gasteiger charge is 1.96. The number of rotatable bonds is 4. The molecule has 0 spiro atoms. The van der Waals surface area contributed by atoms with Crippen molar-refractivity contribution < 1.29 is 5.11 Å². The van der Waals surface area contributed by atoms with Gasteiger partial charge in [0.25, 0.3) is 0 Å². The molecule has 0 saturated carbocycles. The number of hydrogen-bond acceptors (Lipinski definition) is 2. The Morgan fingerprint density at radius 3 is 2.69 bits per heavy atom. The highest BCUT2D eigenvalue weighted by Crippen LogP contribution is 2.10. The molecule has 0 saturated heterocycles. The number of nitrogens with one attached hydrogen (secondary N) is 1. The minimum absolute atomic E-state index is 0.319. The van der Waals surface area contributed by atoms with Crippen molar-refractivity contribution in [2.45, 2.75) is 13.1 Å². The average Bonchev–Trinajstić information content (AvgIpc) is 2.64. The van der Waals surface area contributed by atoms with Crippen LogP contribution in [0.2, 0.25) is 0 Å². The van der Waals surface area contributed by atoms with Crippen molar-refractivity contribution in [1.82, 2.24) is 9.88 Å². The van der Waals surface area contributed by atoms with Gasteiger partial charge in [0.15, 0.2) is 0 Å². The predicted molar refractivity (Wildman–Crippen MR) is 64.1 cm³/mol. The second-order valence-electron chi connectivity index (χ2n) is 3.96. The minimum atomic E-state index is 0.319. The van der Waals surface area contributed by atoms with Crippen molar-refractivity contribution in [3.05, 3.63) is 53.9 Å². The number of aromatic nitrogens is 1. The monoisotopic (exact) mass is 216 g/mol. The van der Waals surface area contributed by atoms with Gasteiger partial charge in [-0.05, 0) is 29.3 Å². The zero-order chi connectivity index (χ0) is 11.4. The molecule has 0 bridgehead atoms. The smallest absolute Gasteiger partial charge is 0.115 e. The van der Waals surface area contributed by atoms with Crippen LogP contribution < -0.4 is 5.32 Å². The number of aromatic hydroxyl groups is 1. The summed E-state index contributed by atoms with van der Waals surface area (Å²) >= 11 is 0. The summed E-state index contributed by atoms with van der Waals surface area (Å²) in [4.78, 5) is 0. The molecular formula is C13H16N2O. The molecule has 1 aromatic heterocycles. The van der Waals surface area contributed by atoms with E-state index in [2.05, 4.69) is 17.6 Å². The van der Waals surface area contributed by atoms with Crippen molar-refractivity contribution in [1.29, 1.82) is 0 Å². The summed E-state index contributed by atoms with van der Waals surface area (Å²) in [6, 6.07) is 9.40. The molecular weight excluding hydrogens is 200 g/mol. The maximum absolute atomic E-state index is 9.30. The number of phenols is 1. The van der Waals surface area contributed by atoms with Gasteiger partial charge in [-0.2, -0.15) is 0 Å². The standard InChI is InChI=1S/C13H16N2O/c1-15-6-5-12(10-15)9-14-8-11-3-2-4-13(16)7-11/h2-7,10,14,16H,8-9H2,1H3. The fraction of sp³-hybridized carbons (Fsp3) is 0.231. The van der Waals surface area contributed by atoms with Crippen LogP contribution in [0, 0.1) is 0 Å². The summed E-state index contributed by atoms with van der Waals surface area (Å²) < 4.78 is 2.03. The van der Waals surface area contributed by atoms with Crippen LogP contribution >= 0.6 is 0 Å². The molecule has 3 heteroatoms. The molecule has 0 aliphatic carbocycles. The van der Waals surface area contributed by atoms with Gasteiger partial charge in [0.05, 0.1) is 0 Å². The molecule has 0 radical (unpaired) electrons. The van der Waals surface area contributed by atoms with Gasteiger partial charge >= 0.3 is 0 Å². The lowest BCUT2D eigenvalue weighted by atomic mass is 10.2. The maximum atomic E-state index is 9.30. The van der Waals surface area contributed by atoms with Crippen LogP contribution in [-0.4, -0.2) is 9.67 Å². The van der Waals surface area contributed by atoms with Crippen LogP contribution in [0.1, 0.15) is 11.1 Å². The summed E-state index contributed by atoms with van der Waals surface area (Å²) in [5.74, 6) is 0.319. The molecule has 84 valence electrons. The maximum Gasteiger partial charge on any atom is 0.115 e. The topological polar surface area (TPSA) is 37.2 Å². The van der Waals surface area contributed by atoms with E-state index in [9.17, 15) is 5.11 Å². The van der Waals surface area contributed by atoms with Gasteiger partial charge in [-0.3, -0.25) is 0 Å². The Balaban J connectivity index is 1.84. The van der Waals surface area contributed by atoms with E-state index < -0.39 is 0 Å². The second kappa shape index (κ2) is 4.86. The SMILES string of the molecule is Cn1ccc(CNCc2cccc(O)c2)c1. The van der Waals surface area contributed by atoms with E-state index in [-0.39, 0.29) is 0 Å². The molecule has 0 aliphatic heterocycles. The largest absolute Gasteiger partial charge is 0.508 e. The average molecular weight is 216 g/mol. The summed E-state index contributed by atoms with van der Waals surface area (Å²) in [5, 5.41) is 12.6. The summed E-state index contributed by atoms with van der Waals surface area (Å²) in [6.07, 6.45) is 4.13. The normalized spacial score (nSPS) is 10.6. The van der Waals surface area contributed by atoms with E-state index in [1.165, 1.54) is 5.56 Å². The third-order valence-electron chi connectivity index (χ3n) is 2.46. The van der Waals surface area contributed by atoms with Crippen LogP contribution in [0.3, 0.4) is 0 Å². The van der Waals surface area contributed by atoms with E-state index in [1.807, 2.05) is 29.9 Å². The van der Waals surface area contributed by atoms with Crippen molar-refractivity contribution in [3.63, 3.8) is 0 Å². The van der Waals surface area contributed by atoms with Gasteiger partial charge in [0.1, 0.15) is 5.75 Å². The molecule has 1 heterocycles. The van der Waals surface area contributed by atoms with Gasteiger partial charge in [-0.1, -0.05) is 12.1 Å². The Hall–Kier alpha value is -1.74. The minimum Gasteiger partial charge on any atom is -0.508 e. The molecule has 0 atom stereocenters. The Labute approximate surface area is 95.3 Å². The Kier molecular flexibility index (Phi) is 3.27. The molecule has 0 fully saturated rings. The fourth-order valence-corrected chi connectivity index (χ4v) is 1.68. The van der Waals surface area contributed by atoms with E-state index in [0.29, 0.717) is 5.75 Å². The second-order valence-corrected chi connectivity index (χ2v) is 3.96. The van der Waals surface area contributed by atoms with Crippen LogP contribution in [0.25, 0.3) is 0 Å². The molecule has 2 aromatic rings. The number of aryl methyl sites for hydroxylation is 1. The zero-order valence-corrected chi connectivity index (χ0v) is 9.35. The molecule has 0 amide bonds. The lowest BCUT2D eigenvalue weighted by Gasteiger charge is -2.03. The van der Waals surface area contributed by atoms with Gasteiger partial charge in [0, 0.05) is 32.5 Å². The van der Waals surface area contributed by atoms with Gasteiger partial charge in [-0.25, -0.2) is 0 Å². The third kappa shape index (κ3) is 2.87.